The molecule has 2 aromatic rings. The van der Waals surface area contributed by atoms with Gasteiger partial charge >= 0.3 is 0 Å². The molecule has 1 aromatic heterocycles. The Morgan fingerprint density at radius 2 is 1.97 bits per heavy atom. The molecule has 1 heterocycles. The van der Waals surface area contributed by atoms with Crippen molar-refractivity contribution in [2.45, 2.75) is 43.9 Å². The van der Waals surface area contributed by atoms with Crippen LogP contribution in [0.1, 0.15) is 47.0 Å². The van der Waals surface area contributed by atoms with Gasteiger partial charge in [-0.25, -0.2) is 8.42 Å². The van der Waals surface area contributed by atoms with Gasteiger partial charge in [0.1, 0.15) is 10.8 Å². The zero-order valence-corrected chi connectivity index (χ0v) is 18.7. The molecule has 1 aliphatic rings. The first kappa shape index (κ1) is 22.3. The van der Waals surface area contributed by atoms with E-state index in [0.717, 1.165) is 29.7 Å². The molecule has 0 bridgehead atoms. The summed E-state index contributed by atoms with van der Waals surface area (Å²) in [6.07, 6.45) is 2.85. The average Bonchev–Trinajstić information content (AvgIpc) is 3.04. The minimum atomic E-state index is -3.49. The second-order valence-electron chi connectivity index (χ2n) is 7.57. The monoisotopic (exact) mass is 450 g/mol. The lowest BCUT2D eigenvalue weighted by Crippen LogP contribution is -2.19. The van der Waals surface area contributed by atoms with Crippen LogP contribution in [0.4, 0.5) is 5.00 Å². The Morgan fingerprint density at radius 3 is 2.60 bits per heavy atom. The number of nitrogens with two attached hydrogens (primary N) is 1. The van der Waals surface area contributed by atoms with Crippen molar-refractivity contribution >= 4 is 38.0 Å². The number of hydrogen-bond acceptors (Lipinski definition) is 6. The van der Waals surface area contributed by atoms with Gasteiger partial charge in [-0.3, -0.25) is 9.59 Å². The standard InChI is InChI=1S/C21H26N2O5S2/c1-13-5-10-16-17(12-13)29-21(19(16)20(22)25)23-18(24)4-3-11-30(26,27)15-8-6-14(28-2)7-9-15/h6-9,13H,3-5,10-12H2,1-2H3,(H2,22,25)(H,23,24). The van der Waals surface area contributed by atoms with Crippen molar-refractivity contribution in [3.8, 4) is 5.75 Å². The van der Waals surface area contributed by atoms with Gasteiger partial charge in [0.05, 0.1) is 23.3 Å². The summed E-state index contributed by atoms with van der Waals surface area (Å²) >= 11 is 1.40. The minimum Gasteiger partial charge on any atom is -0.497 e. The smallest absolute Gasteiger partial charge is 0.251 e. The molecule has 3 rings (SSSR count). The van der Waals surface area contributed by atoms with Crippen molar-refractivity contribution in [2.75, 3.05) is 18.2 Å². The van der Waals surface area contributed by atoms with E-state index in [2.05, 4.69) is 12.2 Å². The van der Waals surface area contributed by atoms with E-state index >= 15 is 0 Å². The Kier molecular flexibility index (Phi) is 6.82. The van der Waals surface area contributed by atoms with Crippen LogP contribution in [-0.2, 0) is 27.5 Å². The summed E-state index contributed by atoms with van der Waals surface area (Å²) in [7, 11) is -1.98. The largest absolute Gasteiger partial charge is 0.497 e. The van der Waals surface area contributed by atoms with Gasteiger partial charge in [0.15, 0.2) is 9.84 Å². The molecule has 1 aromatic carbocycles. The number of sulfone groups is 1. The second kappa shape index (κ2) is 9.18. The summed E-state index contributed by atoms with van der Waals surface area (Å²) in [5.74, 6) is 0.0946. The highest BCUT2D eigenvalue weighted by molar-refractivity contribution is 7.91. The number of carbonyl (C=O) groups excluding carboxylic acids is 2. The highest BCUT2D eigenvalue weighted by Gasteiger charge is 2.27. The highest BCUT2D eigenvalue weighted by Crippen LogP contribution is 2.39. The quantitative estimate of drug-likeness (QED) is 0.641. The van der Waals surface area contributed by atoms with Gasteiger partial charge in [-0.05, 0) is 61.4 Å². The molecule has 0 fully saturated rings. The van der Waals surface area contributed by atoms with E-state index in [9.17, 15) is 18.0 Å². The Morgan fingerprint density at radius 1 is 1.27 bits per heavy atom. The fourth-order valence-corrected chi connectivity index (χ4v) is 6.36. The van der Waals surface area contributed by atoms with Crippen molar-refractivity contribution in [1.82, 2.24) is 0 Å². The van der Waals surface area contributed by atoms with Gasteiger partial charge in [-0.15, -0.1) is 11.3 Å². The molecule has 0 saturated carbocycles. The fourth-order valence-electron chi connectivity index (χ4n) is 3.61. The minimum absolute atomic E-state index is 0.0343. The van der Waals surface area contributed by atoms with Crippen molar-refractivity contribution in [3.05, 3.63) is 40.3 Å². The van der Waals surface area contributed by atoms with Crippen LogP contribution < -0.4 is 15.8 Å². The van der Waals surface area contributed by atoms with E-state index in [1.165, 1.54) is 30.6 Å². The Bertz CT molecular complexity index is 1040. The zero-order chi connectivity index (χ0) is 21.9. The summed E-state index contributed by atoms with van der Waals surface area (Å²) in [5.41, 5.74) is 6.91. The van der Waals surface area contributed by atoms with E-state index in [4.69, 9.17) is 10.5 Å². The SMILES string of the molecule is COc1ccc(S(=O)(=O)CCCC(=O)Nc2sc3c(c2C(N)=O)CCC(C)C3)cc1. The fraction of sp³-hybridized carbons (Fsp3) is 0.429. The first-order chi connectivity index (χ1) is 14.2. The normalized spacial score (nSPS) is 16.0. The summed E-state index contributed by atoms with van der Waals surface area (Å²) < 4.78 is 29.9. The van der Waals surface area contributed by atoms with Crippen LogP contribution in [0.5, 0.6) is 5.75 Å². The predicted molar refractivity (Wildman–Crippen MR) is 117 cm³/mol. The van der Waals surface area contributed by atoms with Crippen molar-refractivity contribution in [3.63, 3.8) is 0 Å². The number of thiophene rings is 1. The first-order valence-corrected chi connectivity index (χ1v) is 12.3. The molecule has 162 valence electrons. The number of amides is 2. The number of ether oxygens (including phenoxy) is 1. The Labute approximate surface area is 180 Å². The van der Waals surface area contributed by atoms with Gasteiger partial charge in [0.25, 0.3) is 5.91 Å². The maximum atomic E-state index is 12.4. The van der Waals surface area contributed by atoms with Gasteiger partial charge in [0.2, 0.25) is 5.91 Å². The van der Waals surface area contributed by atoms with Crippen LogP contribution in [0, 0.1) is 5.92 Å². The van der Waals surface area contributed by atoms with E-state index < -0.39 is 15.7 Å². The van der Waals surface area contributed by atoms with Gasteiger partial charge in [0, 0.05) is 11.3 Å². The lowest BCUT2D eigenvalue weighted by molar-refractivity contribution is -0.116. The number of anilines is 1. The summed E-state index contributed by atoms with van der Waals surface area (Å²) in [6.45, 7) is 2.16. The predicted octanol–water partition coefficient (Wildman–Crippen LogP) is 3.17. The number of carbonyl (C=O) groups is 2. The van der Waals surface area contributed by atoms with Crippen LogP contribution in [-0.4, -0.2) is 33.1 Å². The van der Waals surface area contributed by atoms with Gasteiger partial charge in [-0.2, -0.15) is 0 Å². The topological polar surface area (TPSA) is 116 Å². The van der Waals surface area contributed by atoms with E-state index in [-0.39, 0.29) is 29.4 Å². The molecule has 1 unspecified atom stereocenters. The number of primary amides is 1. The Hall–Kier alpha value is -2.39. The molecule has 2 amide bonds. The highest BCUT2D eigenvalue weighted by atomic mass is 32.2. The molecule has 0 saturated heterocycles. The molecule has 7 nitrogen and oxygen atoms in total. The summed E-state index contributed by atoms with van der Waals surface area (Å²) in [4.78, 5) is 25.6. The van der Waals surface area contributed by atoms with Crippen LogP contribution in [0.25, 0.3) is 0 Å². The number of benzene rings is 1. The van der Waals surface area contributed by atoms with Crippen molar-refractivity contribution in [2.24, 2.45) is 11.7 Å². The van der Waals surface area contributed by atoms with Gasteiger partial charge in [-0.1, -0.05) is 6.92 Å². The number of nitrogens with one attached hydrogen (secondary N) is 1. The van der Waals surface area contributed by atoms with Crippen LogP contribution in [0.15, 0.2) is 29.2 Å². The van der Waals surface area contributed by atoms with E-state index in [1.807, 2.05) is 0 Å². The molecule has 0 spiro atoms. The third kappa shape index (κ3) is 5.02. The lowest BCUT2D eigenvalue weighted by atomic mass is 9.88. The van der Waals surface area contributed by atoms with Crippen LogP contribution >= 0.6 is 11.3 Å². The molecule has 0 aliphatic heterocycles. The molecule has 3 N–H and O–H groups in total. The number of methoxy groups -OCH3 is 1. The number of hydrogen-bond donors (Lipinski definition) is 2. The molecular weight excluding hydrogens is 424 g/mol. The molecule has 1 aliphatic carbocycles. The molecular formula is C21H26N2O5S2. The summed E-state index contributed by atoms with van der Waals surface area (Å²) in [6, 6.07) is 6.16. The van der Waals surface area contributed by atoms with Crippen molar-refractivity contribution < 1.29 is 22.7 Å². The first-order valence-electron chi connectivity index (χ1n) is 9.82. The summed E-state index contributed by atoms with van der Waals surface area (Å²) in [5, 5.41) is 3.25. The van der Waals surface area contributed by atoms with Crippen LogP contribution in [0.3, 0.4) is 0 Å². The lowest BCUT2D eigenvalue weighted by Gasteiger charge is -2.18. The second-order valence-corrected chi connectivity index (χ2v) is 10.8. The maximum Gasteiger partial charge on any atom is 0.251 e. The molecule has 30 heavy (non-hydrogen) atoms. The third-order valence-electron chi connectivity index (χ3n) is 5.25. The Balaban J connectivity index is 1.61. The molecule has 1 atom stereocenters. The maximum absolute atomic E-state index is 12.4. The zero-order valence-electron chi connectivity index (χ0n) is 17.1. The van der Waals surface area contributed by atoms with Crippen LogP contribution in [0.2, 0.25) is 0 Å². The van der Waals surface area contributed by atoms with E-state index in [1.54, 1.807) is 12.1 Å². The van der Waals surface area contributed by atoms with Crippen molar-refractivity contribution in [1.29, 1.82) is 0 Å². The molecule has 0 radical (unpaired) electrons. The third-order valence-corrected chi connectivity index (χ3v) is 8.23. The number of fused-ring (bicyclic) bond motifs is 1. The number of rotatable bonds is 8. The average molecular weight is 451 g/mol. The molecule has 9 heteroatoms. The van der Waals surface area contributed by atoms with E-state index in [0.29, 0.717) is 22.2 Å². The van der Waals surface area contributed by atoms with Gasteiger partial charge < -0.3 is 15.8 Å².